The van der Waals surface area contributed by atoms with Gasteiger partial charge in [-0.25, -0.2) is 4.98 Å². The monoisotopic (exact) mass is 370 g/mol. The Hall–Kier alpha value is -2.79. The highest BCUT2D eigenvalue weighted by Gasteiger charge is 2.16. The summed E-state index contributed by atoms with van der Waals surface area (Å²) < 4.78 is 10.7. The van der Waals surface area contributed by atoms with Crippen LogP contribution in [0.5, 0.6) is 11.5 Å². The van der Waals surface area contributed by atoms with E-state index < -0.39 is 0 Å². The summed E-state index contributed by atoms with van der Waals surface area (Å²) in [5.74, 6) is 0.682. The first kappa shape index (κ1) is 18.0. The summed E-state index contributed by atoms with van der Waals surface area (Å²) in [5.41, 5.74) is 9.50. The Kier molecular flexibility index (Phi) is 5.00. The predicted molar refractivity (Wildman–Crippen MR) is 103 cm³/mol. The van der Waals surface area contributed by atoms with Crippen LogP contribution < -0.4 is 15.2 Å². The molecule has 0 saturated heterocycles. The molecule has 0 aliphatic heterocycles. The maximum atomic E-state index is 11.1. The number of ether oxygens (including phenoxy) is 2. The lowest BCUT2D eigenvalue weighted by molar-refractivity contribution is -0.117. The summed E-state index contributed by atoms with van der Waals surface area (Å²) in [6.07, 6.45) is 0.207. The van der Waals surface area contributed by atoms with E-state index in [0.29, 0.717) is 16.5 Å². The summed E-state index contributed by atoms with van der Waals surface area (Å²) in [4.78, 5) is 15.9. The average molecular weight is 371 g/mol. The molecule has 2 N–H and O–H groups in total. The van der Waals surface area contributed by atoms with Crippen LogP contribution in [0.3, 0.4) is 0 Å². The number of benzene rings is 2. The Bertz CT molecular complexity index is 1000. The van der Waals surface area contributed by atoms with Crippen molar-refractivity contribution < 1.29 is 14.3 Å². The molecule has 0 unspecified atom stereocenters. The number of hydrogen-bond donors (Lipinski definition) is 1. The van der Waals surface area contributed by atoms with Gasteiger partial charge in [-0.3, -0.25) is 4.79 Å². The predicted octanol–water partition coefficient (Wildman–Crippen LogP) is 3.91. The lowest BCUT2D eigenvalue weighted by Gasteiger charge is -2.14. The zero-order valence-electron chi connectivity index (χ0n) is 14.8. The third-order valence-electron chi connectivity index (χ3n) is 4.22. The quantitative estimate of drug-likeness (QED) is 0.738. The van der Waals surface area contributed by atoms with Gasteiger partial charge in [0.05, 0.1) is 36.9 Å². The third kappa shape index (κ3) is 3.30. The van der Waals surface area contributed by atoms with Crippen LogP contribution >= 0.6 is 11.6 Å². The topological polar surface area (TPSA) is 74.4 Å². The van der Waals surface area contributed by atoms with Crippen LogP contribution in [0.1, 0.15) is 11.1 Å². The lowest BCUT2D eigenvalue weighted by atomic mass is 10.0. The van der Waals surface area contributed by atoms with Crippen molar-refractivity contribution in [2.45, 2.75) is 13.3 Å². The standard InChI is InChI=1S/C20H19ClN2O3/c1-11-8-16(13-5-7-17(25-2)20(26-3)19(13)21)23-15-6-4-12(9-14(11)15)10-18(22)24/h4-9H,10H2,1-3H3,(H2,22,24). The van der Waals surface area contributed by atoms with E-state index in [1.807, 2.05) is 37.3 Å². The van der Waals surface area contributed by atoms with Crippen LogP contribution in [-0.4, -0.2) is 25.1 Å². The van der Waals surface area contributed by atoms with Gasteiger partial charge in [0.2, 0.25) is 5.91 Å². The zero-order valence-corrected chi connectivity index (χ0v) is 15.6. The average Bonchev–Trinajstić information content (AvgIpc) is 2.61. The number of hydrogen-bond acceptors (Lipinski definition) is 4. The minimum absolute atomic E-state index is 0.207. The third-order valence-corrected chi connectivity index (χ3v) is 4.59. The molecule has 1 amide bonds. The molecule has 2 aromatic carbocycles. The molecule has 1 heterocycles. The number of pyridine rings is 1. The molecule has 0 aliphatic rings. The van der Waals surface area contributed by atoms with E-state index in [1.165, 1.54) is 0 Å². The number of nitrogens with zero attached hydrogens (tertiary/aromatic N) is 1. The van der Waals surface area contributed by atoms with Gasteiger partial charge in [0.1, 0.15) is 0 Å². The van der Waals surface area contributed by atoms with Gasteiger partial charge < -0.3 is 15.2 Å². The smallest absolute Gasteiger partial charge is 0.221 e. The van der Waals surface area contributed by atoms with Crippen LogP contribution in [0.15, 0.2) is 36.4 Å². The molecule has 5 nitrogen and oxygen atoms in total. The van der Waals surface area contributed by atoms with E-state index in [4.69, 9.17) is 31.8 Å². The Labute approximate surface area is 156 Å². The van der Waals surface area contributed by atoms with Gasteiger partial charge in [-0.15, -0.1) is 0 Å². The van der Waals surface area contributed by atoms with Gasteiger partial charge in [0, 0.05) is 10.9 Å². The summed E-state index contributed by atoms with van der Waals surface area (Å²) in [7, 11) is 3.11. The number of primary amides is 1. The van der Waals surface area contributed by atoms with Crippen molar-refractivity contribution in [2.24, 2.45) is 5.73 Å². The number of carbonyl (C=O) groups excluding carboxylic acids is 1. The van der Waals surface area contributed by atoms with Crippen molar-refractivity contribution in [3.63, 3.8) is 0 Å². The second-order valence-electron chi connectivity index (χ2n) is 5.98. The Morgan fingerprint density at radius 2 is 1.92 bits per heavy atom. The van der Waals surface area contributed by atoms with Crippen molar-refractivity contribution >= 4 is 28.4 Å². The fourth-order valence-electron chi connectivity index (χ4n) is 2.98. The first-order valence-corrected chi connectivity index (χ1v) is 8.41. The van der Waals surface area contributed by atoms with Gasteiger partial charge >= 0.3 is 0 Å². The van der Waals surface area contributed by atoms with Gasteiger partial charge in [0.25, 0.3) is 0 Å². The van der Waals surface area contributed by atoms with Gasteiger partial charge in [-0.2, -0.15) is 0 Å². The zero-order chi connectivity index (χ0) is 18.8. The number of methoxy groups -OCH3 is 2. The van der Waals surface area contributed by atoms with Crippen LogP contribution in [0.4, 0.5) is 0 Å². The van der Waals surface area contributed by atoms with Crippen LogP contribution in [-0.2, 0) is 11.2 Å². The first-order valence-electron chi connectivity index (χ1n) is 8.04. The summed E-state index contributed by atoms with van der Waals surface area (Å²) >= 11 is 6.52. The van der Waals surface area contributed by atoms with Crippen molar-refractivity contribution in [1.82, 2.24) is 4.98 Å². The number of amides is 1. The number of halogens is 1. The van der Waals surface area contributed by atoms with Crippen molar-refractivity contribution in [3.8, 4) is 22.8 Å². The molecule has 0 fully saturated rings. The maximum Gasteiger partial charge on any atom is 0.221 e. The number of aromatic nitrogens is 1. The van der Waals surface area contributed by atoms with Crippen molar-refractivity contribution in [1.29, 1.82) is 0 Å². The van der Waals surface area contributed by atoms with Crippen LogP contribution in [0.2, 0.25) is 5.02 Å². The Balaban J connectivity index is 2.14. The summed E-state index contributed by atoms with van der Waals surface area (Å²) in [5, 5.41) is 1.42. The minimum atomic E-state index is -0.358. The molecule has 1 aromatic heterocycles. The van der Waals surface area contributed by atoms with E-state index in [2.05, 4.69) is 0 Å². The Morgan fingerprint density at radius 1 is 1.15 bits per heavy atom. The molecule has 0 saturated carbocycles. The summed E-state index contributed by atoms with van der Waals surface area (Å²) in [6, 6.07) is 11.3. The maximum absolute atomic E-state index is 11.1. The van der Waals surface area contributed by atoms with E-state index in [0.717, 1.165) is 33.3 Å². The van der Waals surface area contributed by atoms with Gasteiger partial charge in [-0.05, 0) is 48.4 Å². The molecule has 3 aromatic rings. The van der Waals surface area contributed by atoms with Crippen LogP contribution in [0, 0.1) is 6.92 Å². The van der Waals surface area contributed by atoms with Crippen molar-refractivity contribution in [2.75, 3.05) is 14.2 Å². The first-order chi connectivity index (χ1) is 12.4. The number of rotatable bonds is 5. The van der Waals surface area contributed by atoms with Gasteiger partial charge in [-0.1, -0.05) is 17.7 Å². The molecule has 134 valence electrons. The second-order valence-corrected chi connectivity index (χ2v) is 6.36. The SMILES string of the molecule is COc1ccc(-c2cc(C)c3cc(CC(N)=O)ccc3n2)c(Cl)c1OC. The summed E-state index contributed by atoms with van der Waals surface area (Å²) in [6.45, 7) is 2.00. The molecule has 0 spiro atoms. The number of aryl methyl sites for hydroxylation is 1. The fourth-order valence-corrected chi connectivity index (χ4v) is 3.31. The van der Waals surface area contributed by atoms with E-state index in [1.54, 1.807) is 20.3 Å². The second kappa shape index (κ2) is 7.22. The largest absolute Gasteiger partial charge is 0.493 e. The Morgan fingerprint density at radius 3 is 2.58 bits per heavy atom. The molecule has 6 heteroatoms. The molecule has 0 radical (unpaired) electrons. The van der Waals surface area contributed by atoms with Crippen LogP contribution in [0.25, 0.3) is 22.2 Å². The van der Waals surface area contributed by atoms with Gasteiger partial charge in [0.15, 0.2) is 11.5 Å². The normalized spacial score (nSPS) is 10.8. The highest BCUT2D eigenvalue weighted by Crippen LogP contribution is 2.41. The number of nitrogens with two attached hydrogens (primary N) is 1. The molecule has 0 atom stereocenters. The number of fused-ring (bicyclic) bond motifs is 1. The molecule has 3 rings (SSSR count). The number of carbonyl (C=O) groups is 1. The van der Waals surface area contributed by atoms with E-state index in [9.17, 15) is 4.79 Å². The van der Waals surface area contributed by atoms with Crippen molar-refractivity contribution in [3.05, 3.63) is 52.5 Å². The fraction of sp³-hybridized carbons (Fsp3) is 0.200. The highest BCUT2D eigenvalue weighted by atomic mass is 35.5. The molecule has 26 heavy (non-hydrogen) atoms. The van der Waals surface area contributed by atoms with E-state index in [-0.39, 0.29) is 12.3 Å². The van der Waals surface area contributed by atoms with E-state index >= 15 is 0 Å². The lowest BCUT2D eigenvalue weighted by Crippen LogP contribution is -2.13. The molecular formula is C20H19ClN2O3. The highest BCUT2D eigenvalue weighted by molar-refractivity contribution is 6.35. The molecule has 0 aliphatic carbocycles. The molecule has 0 bridgehead atoms. The molecular weight excluding hydrogens is 352 g/mol. The minimum Gasteiger partial charge on any atom is -0.493 e.